The maximum atomic E-state index is 13.6. The van der Waals surface area contributed by atoms with Crippen LogP contribution in [-0.4, -0.2) is 34.8 Å². The van der Waals surface area contributed by atoms with E-state index in [4.69, 9.17) is 5.73 Å². The second-order valence-corrected chi connectivity index (χ2v) is 8.96. The molecule has 1 aliphatic heterocycles. The van der Waals surface area contributed by atoms with Crippen molar-refractivity contribution in [1.82, 2.24) is 9.88 Å². The summed E-state index contributed by atoms with van der Waals surface area (Å²) < 4.78 is 13.6. The van der Waals surface area contributed by atoms with E-state index in [-0.39, 0.29) is 23.6 Å². The quantitative estimate of drug-likeness (QED) is 0.668. The molecule has 0 radical (unpaired) electrons. The zero-order chi connectivity index (χ0) is 21.3. The minimum absolute atomic E-state index is 0.0754. The summed E-state index contributed by atoms with van der Waals surface area (Å²) >= 11 is 1.66. The third-order valence-corrected chi connectivity index (χ3v) is 6.60. The number of likely N-dealkylation sites (tertiary alicyclic amines) is 1. The van der Waals surface area contributed by atoms with Crippen molar-refractivity contribution in [3.8, 4) is 0 Å². The highest BCUT2D eigenvalue weighted by molar-refractivity contribution is 7.09. The molecule has 30 heavy (non-hydrogen) atoms. The van der Waals surface area contributed by atoms with Gasteiger partial charge in [-0.2, -0.15) is 0 Å². The van der Waals surface area contributed by atoms with Crippen molar-refractivity contribution in [1.29, 1.82) is 0 Å². The molecular formula is C23H24FN3O2S. The van der Waals surface area contributed by atoms with Crippen LogP contribution in [0.4, 0.5) is 4.39 Å². The number of halogens is 1. The number of piperidine rings is 1. The molecule has 3 heterocycles. The van der Waals surface area contributed by atoms with Gasteiger partial charge >= 0.3 is 0 Å². The van der Waals surface area contributed by atoms with Crippen LogP contribution in [0.25, 0.3) is 10.9 Å². The lowest BCUT2D eigenvalue weighted by Gasteiger charge is -2.34. The molecule has 2 atom stereocenters. The van der Waals surface area contributed by atoms with Gasteiger partial charge in [0.2, 0.25) is 5.91 Å². The van der Waals surface area contributed by atoms with Crippen LogP contribution in [0.5, 0.6) is 0 Å². The normalized spacial score (nSPS) is 17.8. The fourth-order valence-corrected chi connectivity index (χ4v) is 5.04. The summed E-state index contributed by atoms with van der Waals surface area (Å²) in [5.41, 5.74) is 7.14. The number of carbonyl (C=O) groups excluding carboxylic acids is 2. The Morgan fingerprint density at radius 2 is 2.17 bits per heavy atom. The molecule has 4 rings (SSSR count). The van der Waals surface area contributed by atoms with Gasteiger partial charge in [-0.15, -0.1) is 11.3 Å². The third kappa shape index (κ3) is 4.21. The average Bonchev–Trinajstić information content (AvgIpc) is 3.25. The lowest BCUT2D eigenvalue weighted by atomic mass is 9.89. The number of carbonyl (C=O) groups is 2. The molecule has 1 fully saturated rings. The van der Waals surface area contributed by atoms with E-state index in [2.05, 4.69) is 11.1 Å². The van der Waals surface area contributed by atoms with E-state index in [0.717, 1.165) is 19.3 Å². The van der Waals surface area contributed by atoms with Gasteiger partial charge in [-0.3, -0.25) is 14.6 Å². The summed E-state index contributed by atoms with van der Waals surface area (Å²) in [5.74, 6) is -1.03. The zero-order valence-electron chi connectivity index (χ0n) is 16.8. The Balaban J connectivity index is 1.58. The summed E-state index contributed by atoms with van der Waals surface area (Å²) in [6.07, 6.45) is 2.39. The predicted octanol–water partition coefficient (Wildman–Crippen LogP) is 4.12. The number of fused-ring (bicyclic) bond motifs is 1. The van der Waals surface area contributed by atoms with Crippen molar-refractivity contribution in [3.05, 3.63) is 63.7 Å². The molecule has 2 N–H and O–H groups in total. The summed E-state index contributed by atoms with van der Waals surface area (Å²) in [6.45, 7) is 3.17. The molecule has 0 unspecified atom stereocenters. The molecule has 5 nitrogen and oxygen atoms in total. The van der Waals surface area contributed by atoms with Crippen LogP contribution in [-0.2, 0) is 11.2 Å². The number of hydrogen-bond donors (Lipinski definition) is 1. The first-order valence-corrected chi connectivity index (χ1v) is 11.0. The lowest BCUT2D eigenvalue weighted by molar-refractivity contribution is -0.136. The number of rotatable bonds is 5. The van der Waals surface area contributed by atoms with E-state index in [1.54, 1.807) is 23.5 Å². The Morgan fingerprint density at radius 3 is 2.90 bits per heavy atom. The van der Waals surface area contributed by atoms with Crippen LogP contribution >= 0.6 is 11.3 Å². The molecule has 1 aromatic carbocycles. The van der Waals surface area contributed by atoms with Crippen molar-refractivity contribution in [2.75, 3.05) is 13.1 Å². The summed E-state index contributed by atoms with van der Waals surface area (Å²) in [7, 11) is 0. The van der Waals surface area contributed by atoms with E-state index in [1.807, 2.05) is 23.3 Å². The van der Waals surface area contributed by atoms with Crippen molar-refractivity contribution < 1.29 is 14.0 Å². The molecule has 2 aromatic heterocycles. The van der Waals surface area contributed by atoms with Gasteiger partial charge in [0.25, 0.3) is 5.91 Å². The van der Waals surface area contributed by atoms with Crippen molar-refractivity contribution >= 4 is 34.1 Å². The van der Waals surface area contributed by atoms with Gasteiger partial charge in [0.1, 0.15) is 5.82 Å². The summed E-state index contributed by atoms with van der Waals surface area (Å²) in [5, 5.41) is 2.56. The fourth-order valence-electron chi connectivity index (χ4n) is 4.20. The standard InChI is InChI=1S/C23H24FN3O2S/c1-14(10-18-5-3-9-30-18)23(29)27-8-2-4-15(13-27)21-19(22(25)28)12-16-11-17(24)6-7-20(16)26-21/h3,5-7,9,11-12,14-15H,2,4,8,10,13H2,1H3,(H2,25,28)/t14-,15-/m1/s1. The Bertz CT molecular complexity index is 1080. The number of nitrogens with zero attached hydrogens (tertiary/aromatic N) is 2. The van der Waals surface area contributed by atoms with Gasteiger partial charge < -0.3 is 10.6 Å². The van der Waals surface area contributed by atoms with Crippen LogP contribution in [0.2, 0.25) is 0 Å². The molecule has 7 heteroatoms. The van der Waals surface area contributed by atoms with Crippen LogP contribution in [0, 0.1) is 11.7 Å². The molecular weight excluding hydrogens is 401 g/mol. The molecule has 156 valence electrons. The molecule has 0 spiro atoms. The highest BCUT2D eigenvalue weighted by Gasteiger charge is 2.30. The van der Waals surface area contributed by atoms with E-state index >= 15 is 0 Å². The molecule has 0 bridgehead atoms. The van der Waals surface area contributed by atoms with Crippen LogP contribution in [0.15, 0.2) is 41.8 Å². The number of pyridine rings is 1. The molecule has 1 aliphatic rings. The molecule has 0 aliphatic carbocycles. The van der Waals surface area contributed by atoms with Crippen molar-refractivity contribution in [2.24, 2.45) is 11.7 Å². The molecule has 2 amide bonds. The minimum atomic E-state index is -0.585. The van der Waals surface area contributed by atoms with E-state index < -0.39 is 5.91 Å². The SMILES string of the molecule is C[C@H](Cc1cccs1)C(=O)N1CCC[C@@H](c2nc3ccc(F)cc3cc2C(N)=O)C1. The second kappa shape index (κ2) is 8.52. The number of thiophene rings is 1. The number of primary amides is 1. The van der Waals surface area contributed by atoms with Crippen molar-refractivity contribution in [2.45, 2.75) is 32.1 Å². The first-order chi connectivity index (χ1) is 14.4. The number of benzene rings is 1. The highest BCUT2D eigenvalue weighted by atomic mass is 32.1. The van der Waals surface area contributed by atoms with Crippen molar-refractivity contribution in [3.63, 3.8) is 0 Å². The van der Waals surface area contributed by atoms with Gasteiger partial charge in [-0.1, -0.05) is 13.0 Å². The Hall–Kier alpha value is -2.80. The summed E-state index contributed by atoms with van der Waals surface area (Å²) in [4.78, 5) is 32.9. The predicted molar refractivity (Wildman–Crippen MR) is 116 cm³/mol. The first-order valence-electron chi connectivity index (χ1n) is 10.1. The van der Waals surface area contributed by atoms with Crippen LogP contribution in [0.1, 0.15) is 46.6 Å². The minimum Gasteiger partial charge on any atom is -0.366 e. The van der Waals surface area contributed by atoms with E-state index in [1.165, 1.54) is 17.0 Å². The average molecular weight is 426 g/mol. The lowest BCUT2D eigenvalue weighted by Crippen LogP contribution is -2.42. The Labute approximate surface area is 178 Å². The second-order valence-electron chi connectivity index (χ2n) is 7.93. The number of hydrogen-bond acceptors (Lipinski definition) is 4. The molecule has 1 saturated heterocycles. The smallest absolute Gasteiger partial charge is 0.250 e. The topological polar surface area (TPSA) is 76.3 Å². The Kier molecular flexibility index (Phi) is 5.81. The highest BCUT2D eigenvalue weighted by Crippen LogP contribution is 2.31. The van der Waals surface area contributed by atoms with Crippen LogP contribution < -0.4 is 5.73 Å². The number of nitrogens with two attached hydrogens (primary N) is 1. The van der Waals surface area contributed by atoms with E-state index in [0.29, 0.717) is 35.2 Å². The van der Waals surface area contributed by atoms with E-state index in [9.17, 15) is 14.0 Å². The largest absolute Gasteiger partial charge is 0.366 e. The van der Waals surface area contributed by atoms with Gasteiger partial charge in [0.15, 0.2) is 0 Å². The van der Waals surface area contributed by atoms with Gasteiger partial charge in [0, 0.05) is 35.2 Å². The summed E-state index contributed by atoms with van der Waals surface area (Å²) in [6, 6.07) is 9.97. The third-order valence-electron chi connectivity index (χ3n) is 5.70. The van der Waals surface area contributed by atoms with Gasteiger partial charge in [-0.05, 0) is 55.0 Å². The molecule has 0 saturated carbocycles. The fraction of sp³-hybridized carbons (Fsp3) is 0.348. The zero-order valence-corrected chi connectivity index (χ0v) is 17.6. The molecule has 3 aromatic rings. The van der Waals surface area contributed by atoms with Crippen LogP contribution in [0.3, 0.4) is 0 Å². The first kappa shape index (κ1) is 20.5. The Morgan fingerprint density at radius 1 is 1.33 bits per heavy atom. The van der Waals surface area contributed by atoms with Gasteiger partial charge in [0.05, 0.1) is 16.8 Å². The maximum absolute atomic E-state index is 13.6. The monoisotopic (exact) mass is 425 g/mol. The maximum Gasteiger partial charge on any atom is 0.250 e. The van der Waals surface area contributed by atoms with Gasteiger partial charge in [-0.25, -0.2) is 4.39 Å². The number of amides is 2. The number of aromatic nitrogens is 1.